The molecule has 0 aliphatic carbocycles. The second-order valence-corrected chi connectivity index (χ2v) is 4.04. The predicted octanol–water partition coefficient (Wildman–Crippen LogP) is 2.53. The third-order valence-corrected chi connectivity index (χ3v) is 2.62. The number of hydrogen-bond acceptors (Lipinski definition) is 3. The van der Waals surface area contributed by atoms with Crippen LogP contribution in [0.1, 0.15) is 10.4 Å². The average molecular weight is 281 g/mol. The van der Waals surface area contributed by atoms with Crippen molar-refractivity contribution in [1.29, 1.82) is 0 Å². The van der Waals surface area contributed by atoms with Crippen molar-refractivity contribution in [2.24, 2.45) is 5.73 Å². The van der Waals surface area contributed by atoms with Gasteiger partial charge in [-0.3, -0.25) is 4.79 Å². The molecule has 0 fully saturated rings. The van der Waals surface area contributed by atoms with Crippen molar-refractivity contribution in [2.45, 2.75) is 0 Å². The molecule has 1 amide bonds. The lowest BCUT2D eigenvalue weighted by molar-refractivity contribution is 0.100. The summed E-state index contributed by atoms with van der Waals surface area (Å²) in [6.07, 6.45) is 0. The van der Waals surface area contributed by atoms with Gasteiger partial charge in [-0.05, 0) is 18.2 Å². The highest BCUT2D eigenvalue weighted by atomic mass is 19.2. The fourth-order valence-electron chi connectivity index (χ4n) is 1.59. The van der Waals surface area contributed by atoms with Crippen LogP contribution in [0, 0.1) is 17.5 Å². The summed E-state index contributed by atoms with van der Waals surface area (Å²) in [4.78, 5) is 11.0. The second kappa shape index (κ2) is 5.12. The molecule has 0 aliphatic rings. The van der Waals surface area contributed by atoms with E-state index in [2.05, 4.69) is 5.32 Å². The van der Waals surface area contributed by atoms with Crippen molar-refractivity contribution in [1.82, 2.24) is 0 Å². The molecular formula is C13H10F3N3O. The third kappa shape index (κ3) is 2.66. The maximum atomic E-state index is 13.5. The predicted molar refractivity (Wildman–Crippen MR) is 69.0 cm³/mol. The Balaban J connectivity index is 2.35. The van der Waals surface area contributed by atoms with Crippen LogP contribution in [0.2, 0.25) is 0 Å². The average Bonchev–Trinajstić information content (AvgIpc) is 2.37. The first-order chi connectivity index (χ1) is 9.38. The topological polar surface area (TPSA) is 81.1 Å². The quantitative estimate of drug-likeness (QED) is 0.597. The van der Waals surface area contributed by atoms with Gasteiger partial charge in [0.1, 0.15) is 5.82 Å². The van der Waals surface area contributed by atoms with E-state index in [1.54, 1.807) is 0 Å². The van der Waals surface area contributed by atoms with E-state index in [1.807, 2.05) is 0 Å². The molecule has 7 heteroatoms. The zero-order valence-corrected chi connectivity index (χ0v) is 10.1. The van der Waals surface area contributed by atoms with Crippen molar-refractivity contribution in [3.05, 3.63) is 53.3 Å². The number of nitrogen functional groups attached to an aromatic ring is 1. The minimum absolute atomic E-state index is 0.116. The summed E-state index contributed by atoms with van der Waals surface area (Å²) in [5.41, 5.74) is 11.0. The van der Waals surface area contributed by atoms with E-state index in [9.17, 15) is 18.0 Å². The Hall–Kier alpha value is -2.70. The Labute approximate surface area is 112 Å². The highest BCUT2D eigenvalue weighted by Gasteiger charge is 2.11. The minimum Gasteiger partial charge on any atom is -0.397 e. The number of halogens is 3. The number of carbonyl (C=O) groups excluding carboxylic acids is 1. The Morgan fingerprint density at radius 1 is 0.950 bits per heavy atom. The molecule has 0 heterocycles. The van der Waals surface area contributed by atoms with Gasteiger partial charge in [0.2, 0.25) is 5.91 Å². The third-order valence-electron chi connectivity index (χ3n) is 2.62. The van der Waals surface area contributed by atoms with Crippen LogP contribution in [0.4, 0.5) is 30.2 Å². The van der Waals surface area contributed by atoms with E-state index in [1.165, 1.54) is 18.2 Å². The smallest absolute Gasteiger partial charge is 0.248 e. The number of carbonyl (C=O) groups is 1. The van der Waals surface area contributed by atoms with Gasteiger partial charge >= 0.3 is 0 Å². The summed E-state index contributed by atoms with van der Waals surface area (Å²) in [5.74, 6) is -4.11. The van der Waals surface area contributed by atoms with E-state index >= 15 is 0 Å². The molecule has 0 unspecified atom stereocenters. The van der Waals surface area contributed by atoms with Gasteiger partial charge in [0.25, 0.3) is 0 Å². The number of amides is 1. The van der Waals surface area contributed by atoms with E-state index in [4.69, 9.17) is 11.5 Å². The molecule has 0 saturated heterocycles. The monoisotopic (exact) mass is 281 g/mol. The van der Waals surface area contributed by atoms with Gasteiger partial charge in [-0.15, -0.1) is 0 Å². The van der Waals surface area contributed by atoms with Crippen molar-refractivity contribution >= 4 is 23.0 Å². The summed E-state index contributed by atoms with van der Waals surface area (Å²) in [5, 5.41) is 2.52. The Morgan fingerprint density at radius 3 is 2.20 bits per heavy atom. The van der Waals surface area contributed by atoms with Crippen molar-refractivity contribution in [2.75, 3.05) is 11.1 Å². The molecule has 2 aromatic carbocycles. The molecule has 0 saturated carbocycles. The first-order valence-electron chi connectivity index (χ1n) is 5.49. The molecule has 5 N–H and O–H groups in total. The van der Waals surface area contributed by atoms with Crippen LogP contribution in [0.25, 0.3) is 0 Å². The molecule has 104 valence electrons. The molecule has 0 spiro atoms. The Bertz CT molecular complexity index is 689. The van der Waals surface area contributed by atoms with Crippen LogP contribution < -0.4 is 16.8 Å². The van der Waals surface area contributed by atoms with Crippen LogP contribution >= 0.6 is 0 Å². The summed E-state index contributed by atoms with van der Waals surface area (Å²) < 4.78 is 39.3. The van der Waals surface area contributed by atoms with Crippen molar-refractivity contribution in [3.63, 3.8) is 0 Å². The molecule has 0 radical (unpaired) electrons. The maximum absolute atomic E-state index is 13.5. The Kier molecular flexibility index (Phi) is 3.51. The molecule has 20 heavy (non-hydrogen) atoms. The molecule has 2 rings (SSSR count). The standard InChI is InChI=1S/C13H10F3N3O/c14-7-4-9(16)12(5-8(7)15)19-11-2-1-6(13(18)20)3-10(11)17/h1-5,19H,17H2,(H2,18,20). The summed E-state index contributed by atoms with van der Waals surface area (Å²) >= 11 is 0. The Morgan fingerprint density at radius 2 is 1.60 bits per heavy atom. The van der Waals surface area contributed by atoms with Crippen molar-refractivity contribution < 1.29 is 18.0 Å². The first-order valence-corrected chi connectivity index (χ1v) is 5.49. The largest absolute Gasteiger partial charge is 0.397 e. The minimum atomic E-state index is -1.29. The molecule has 4 nitrogen and oxygen atoms in total. The summed E-state index contributed by atoms with van der Waals surface area (Å²) in [6.45, 7) is 0. The molecule has 2 aromatic rings. The lowest BCUT2D eigenvalue weighted by Gasteiger charge is -2.11. The number of anilines is 3. The summed E-state index contributed by atoms with van der Waals surface area (Å²) in [7, 11) is 0. The number of rotatable bonds is 3. The van der Waals surface area contributed by atoms with Gasteiger partial charge < -0.3 is 16.8 Å². The molecule has 0 bridgehead atoms. The highest BCUT2D eigenvalue weighted by molar-refractivity contribution is 5.95. The molecular weight excluding hydrogens is 271 g/mol. The first kappa shape index (κ1) is 13.7. The van der Waals surface area contributed by atoms with E-state index in [0.717, 1.165) is 0 Å². The normalized spacial score (nSPS) is 10.3. The maximum Gasteiger partial charge on any atom is 0.248 e. The van der Waals surface area contributed by atoms with Gasteiger partial charge in [0.05, 0.1) is 17.1 Å². The fraction of sp³-hybridized carbons (Fsp3) is 0. The number of hydrogen-bond donors (Lipinski definition) is 3. The lowest BCUT2D eigenvalue weighted by Crippen LogP contribution is -2.11. The second-order valence-electron chi connectivity index (χ2n) is 4.04. The zero-order chi connectivity index (χ0) is 14.9. The summed E-state index contributed by atoms with van der Waals surface area (Å²) in [6, 6.07) is 5.15. The number of nitrogens with one attached hydrogen (secondary N) is 1. The SMILES string of the molecule is NC(=O)c1ccc(Nc2cc(F)c(F)cc2F)c(N)c1. The molecule has 0 atom stereocenters. The zero-order valence-electron chi connectivity index (χ0n) is 10.1. The van der Waals surface area contributed by atoms with Gasteiger partial charge in [0.15, 0.2) is 11.6 Å². The molecule has 0 aromatic heterocycles. The highest BCUT2D eigenvalue weighted by Crippen LogP contribution is 2.27. The lowest BCUT2D eigenvalue weighted by atomic mass is 10.1. The van der Waals surface area contributed by atoms with Crippen LogP contribution in [0.3, 0.4) is 0 Å². The number of primary amides is 1. The van der Waals surface area contributed by atoms with Gasteiger partial charge in [0, 0.05) is 17.7 Å². The van der Waals surface area contributed by atoms with Gasteiger partial charge in [-0.25, -0.2) is 13.2 Å². The van der Waals surface area contributed by atoms with Gasteiger partial charge in [-0.1, -0.05) is 0 Å². The van der Waals surface area contributed by atoms with Crippen molar-refractivity contribution in [3.8, 4) is 0 Å². The van der Waals surface area contributed by atoms with Crippen LogP contribution in [-0.4, -0.2) is 5.91 Å². The van der Waals surface area contributed by atoms with Crippen LogP contribution in [-0.2, 0) is 0 Å². The van der Waals surface area contributed by atoms with Crippen LogP contribution in [0.5, 0.6) is 0 Å². The van der Waals surface area contributed by atoms with E-state index < -0.39 is 23.4 Å². The van der Waals surface area contributed by atoms with E-state index in [-0.39, 0.29) is 22.6 Å². The van der Waals surface area contributed by atoms with Gasteiger partial charge in [-0.2, -0.15) is 0 Å². The molecule has 0 aliphatic heterocycles. The number of benzene rings is 2. The fourth-order valence-corrected chi connectivity index (χ4v) is 1.59. The number of nitrogens with two attached hydrogens (primary N) is 2. The van der Waals surface area contributed by atoms with Crippen LogP contribution in [0.15, 0.2) is 30.3 Å². The van der Waals surface area contributed by atoms with E-state index in [0.29, 0.717) is 12.1 Å².